The van der Waals surface area contributed by atoms with Gasteiger partial charge in [-0.2, -0.15) is 0 Å². The molecule has 2 aromatic carbocycles. The molecule has 3 aromatic rings. The van der Waals surface area contributed by atoms with Crippen LogP contribution in [0, 0.1) is 11.6 Å². The van der Waals surface area contributed by atoms with Crippen LogP contribution in [0.25, 0.3) is 0 Å². The summed E-state index contributed by atoms with van der Waals surface area (Å²) in [5.41, 5.74) is 1.74. The van der Waals surface area contributed by atoms with Gasteiger partial charge in [0.2, 0.25) is 0 Å². The molecule has 0 aliphatic carbocycles. The molecule has 0 radical (unpaired) electrons. The minimum Gasteiger partial charge on any atom is -0.330 e. The number of rotatable bonds is 4. The molecule has 118 valence electrons. The fourth-order valence-electron chi connectivity index (χ4n) is 2.32. The van der Waals surface area contributed by atoms with Crippen molar-refractivity contribution in [3.63, 3.8) is 0 Å². The standard InChI is InChI=1S/C17H12BrClF2N2/c18-13-7-11(1-3-14(13)19)9-17-22-5-6-23(17)10-12-2-4-15(20)16(21)8-12/h1-8H,9-10H2. The summed E-state index contributed by atoms with van der Waals surface area (Å²) in [5.74, 6) is -0.847. The summed E-state index contributed by atoms with van der Waals surface area (Å²) in [4.78, 5) is 4.35. The molecule has 0 unspecified atom stereocenters. The van der Waals surface area contributed by atoms with E-state index >= 15 is 0 Å². The first-order valence-corrected chi connectivity index (χ1v) is 8.08. The Kier molecular flexibility index (Phi) is 4.78. The van der Waals surface area contributed by atoms with Crippen molar-refractivity contribution < 1.29 is 8.78 Å². The average Bonchev–Trinajstić information content (AvgIpc) is 2.94. The van der Waals surface area contributed by atoms with E-state index in [-0.39, 0.29) is 0 Å². The van der Waals surface area contributed by atoms with Crippen LogP contribution in [0.4, 0.5) is 8.78 Å². The summed E-state index contributed by atoms with van der Waals surface area (Å²) in [6, 6.07) is 9.61. The molecule has 6 heteroatoms. The van der Waals surface area contributed by atoms with Crippen molar-refractivity contribution in [3.05, 3.63) is 86.9 Å². The molecule has 1 aromatic heterocycles. The van der Waals surface area contributed by atoms with Crippen molar-refractivity contribution in [2.45, 2.75) is 13.0 Å². The normalized spacial score (nSPS) is 11.0. The van der Waals surface area contributed by atoms with Crippen LogP contribution in [0.3, 0.4) is 0 Å². The van der Waals surface area contributed by atoms with Gasteiger partial charge in [-0.1, -0.05) is 23.7 Å². The second kappa shape index (κ2) is 6.81. The number of halogens is 4. The summed E-state index contributed by atoms with van der Waals surface area (Å²) < 4.78 is 29.1. The predicted molar refractivity (Wildman–Crippen MR) is 89.6 cm³/mol. The molecular weight excluding hydrogens is 386 g/mol. The van der Waals surface area contributed by atoms with Crippen molar-refractivity contribution in [3.8, 4) is 0 Å². The van der Waals surface area contributed by atoms with E-state index in [4.69, 9.17) is 11.6 Å². The molecule has 0 N–H and O–H groups in total. The van der Waals surface area contributed by atoms with E-state index in [2.05, 4.69) is 20.9 Å². The van der Waals surface area contributed by atoms with E-state index in [1.54, 1.807) is 12.3 Å². The zero-order valence-corrected chi connectivity index (χ0v) is 14.3. The first-order chi connectivity index (χ1) is 11.0. The third-order valence-corrected chi connectivity index (χ3v) is 4.70. The number of hydrogen-bond acceptors (Lipinski definition) is 1. The molecule has 0 saturated heterocycles. The molecule has 23 heavy (non-hydrogen) atoms. The third kappa shape index (κ3) is 3.79. The van der Waals surface area contributed by atoms with E-state index in [9.17, 15) is 8.78 Å². The lowest BCUT2D eigenvalue weighted by molar-refractivity contribution is 0.506. The highest BCUT2D eigenvalue weighted by Gasteiger charge is 2.08. The predicted octanol–water partition coefficient (Wildman–Crippen LogP) is 5.22. The highest BCUT2D eigenvalue weighted by molar-refractivity contribution is 9.10. The Balaban J connectivity index is 1.81. The van der Waals surface area contributed by atoms with Gasteiger partial charge in [-0.25, -0.2) is 13.8 Å². The number of benzene rings is 2. The van der Waals surface area contributed by atoms with Gasteiger partial charge in [0.1, 0.15) is 5.82 Å². The van der Waals surface area contributed by atoms with Crippen LogP contribution < -0.4 is 0 Å². The van der Waals surface area contributed by atoms with E-state index in [1.807, 2.05) is 29.0 Å². The van der Waals surface area contributed by atoms with Gasteiger partial charge < -0.3 is 4.57 Å². The maximum absolute atomic E-state index is 13.3. The van der Waals surface area contributed by atoms with Gasteiger partial charge in [-0.3, -0.25) is 0 Å². The van der Waals surface area contributed by atoms with Crippen molar-refractivity contribution in [2.75, 3.05) is 0 Å². The van der Waals surface area contributed by atoms with Crippen molar-refractivity contribution in [1.29, 1.82) is 0 Å². The number of hydrogen-bond donors (Lipinski definition) is 0. The van der Waals surface area contributed by atoms with E-state index in [0.717, 1.165) is 21.9 Å². The van der Waals surface area contributed by atoms with Crippen LogP contribution in [-0.4, -0.2) is 9.55 Å². The second-order valence-electron chi connectivity index (χ2n) is 5.15. The largest absolute Gasteiger partial charge is 0.330 e. The molecule has 0 saturated carbocycles. The monoisotopic (exact) mass is 396 g/mol. The van der Waals surface area contributed by atoms with Crippen LogP contribution in [0.15, 0.2) is 53.3 Å². The van der Waals surface area contributed by atoms with Crippen molar-refractivity contribution >= 4 is 27.5 Å². The molecule has 0 spiro atoms. The zero-order chi connectivity index (χ0) is 16.4. The van der Waals surface area contributed by atoms with Gasteiger partial charge in [-0.05, 0) is 51.3 Å². The summed E-state index contributed by atoms with van der Waals surface area (Å²) >= 11 is 9.40. The van der Waals surface area contributed by atoms with Gasteiger partial charge in [0.25, 0.3) is 0 Å². The van der Waals surface area contributed by atoms with Crippen LogP contribution in [0.5, 0.6) is 0 Å². The van der Waals surface area contributed by atoms with Crippen LogP contribution >= 0.6 is 27.5 Å². The molecule has 0 bridgehead atoms. The number of aromatic nitrogens is 2. The average molecular weight is 398 g/mol. The Hall–Kier alpha value is -1.72. The van der Waals surface area contributed by atoms with Crippen LogP contribution in [0.1, 0.15) is 17.0 Å². The fraction of sp³-hybridized carbons (Fsp3) is 0.118. The molecule has 3 rings (SSSR count). The lowest BCUT2D eigenvalue weighted by atomic mass is 10.1. The van der Waals surface area contributed by atoms with Crippen molar-refractivity contribution in [1.82, 2.24) is 9.55 Å². The quantitative estimate of drug-likeness (QED) is 0.590. The Morgan fingerprint density at radius 1 is 1.04 bits per heavy atom. The van der Waals surface area contributed by atoms with Gasteiger partial charge in [0, 0.05) is 29.8 Å². The third-order valence-electron chi connectivity index (χ3n) is 3.48. The Morgan fingerprint density at radius 3 is 2.57 bits per heavy atom. The smallest absolute Gasteiger partial charge is 0.159 e. The van der Waals surface area contributed by atoms with Crippen LogP contribution in [-0.2, 0) is 13.0 Å². The molecule has 1 heterocycles. The molecular formula is C17H12BrClF2N2. The first-order valence-electron chi connectivity index (χ1n) is 6.91. The highest BCUT2D eigenvalue weighted by Crippen LogP contribution is 2.24. The Morgan fingerprint density at radius 2 is 1.83 bits per heavy atom. The number of imidazole rings is 1. The maximum Gasteiger partial charge on any atom is 0.159 e. The van der Waals surface area contributed by atoms with E-state index in [1.165, 1.54) is 6.07 Å². The Bertz CT molecular complexity index is 780. The molecule has 2 nitrogen and oxygen atoms in total. The first kappa shape index (κ1) is 16.1. The minimum absolute atomic E-state index is 0.432. The highest BCUT2D eigenvalue weighted by atomic mass is 79.9. The lowest BCUT2D eigenvalue weighted by Crippen LogP contribution is -2.05. The minimum atomic E-state index is -0.842. The van der Waals surface area contributed by atoms with E-state index in [0.29, 0.717) is 23.6 Å². The fourth-order valence-corrected chi connectivity index (χ4v) is 2.86. The van der Waals surface area contributed by atoms with Gasteiger partial charge in [0.05, 0.1) is 5.02 Å². The maximum atomic E-state index is 13.3. The molecule has 0 fully saturated rings. The number of nitrogens with zero attached hydrogens (tertiary/aromatic N) is 2. The summed E-state index contributed by atoms with van der Waals surface area (Å²) in [5, 5.41) is 0.652. The summed E-state index contributed by atoms with van der Waals surface area (Å²) in [7, 11) is 0. The zero-order valence-electron chi connectivity index (χ0n) is 11.9. The second-order valence-corrected chi connectivity index (χ2v) is 6.41. The van der Waals surface area contributed by atoms with Crippen molar-refractivity contribution in [2.24, 2.45) is 0 Å². The Labute approximate surface area is 145 Å². The molecule has 0 amide bonds. The van der Waals surface area contributed by atoms with Gasteiger partial charge >= 0.3 is 0 Å². The SMILES string of the molecule is Fc1ccc(Cn2ccnc2Cc2ccc(Cl)c(Br)c2)cc1F. The molecule has 0 aliphatic rings. The molecule has 0 aliphatic heterocycles. The van der Waals surface area contributed by atoms with E-state index < -0.39 is 11.6 Å². The summed E-state index contributed by atoms with van der Waals surface area (Å²) in [6.07, 6.45) is 4.13. The molecule has 0 atom stereocenters. The lowest BCUT2D eigenvalue weighted by Gasteiger charge is -2.09. The van der Waals surface area contributed by atoms with Gasteiger partial charge in [-0.15, -0.1) is 0 Å². The summed E-state index contributed by atoms with van der Waals surface area (Å²) in [6.45, 7) is 0.432. The van der Waals surface area contributed by atoms with Crippen LogP contribution in [0.2, 0.25) is 5.02 Å². The topological polar surface area (TPSA) is 17.8 Å². The van der Waals surface area contributed by atoms with Gasteiger partial charge in [0.15, 0.2) is 11.6 Å².